The van der Waals surface area contributed by atoms with Crippen LogP contribution in [0.2, 0.25) is 0 Å². The number of ether oxygens (including phenoxy) is 2. The molecule has 0 saturated heterocycles. The Hall–Kier alpha value is -4.72. The standard InChI is InChI=1S/C22H17FN4O6/c1-32-21(28)18-17(12-6-4-3-5-7-12)14(11-24)20(25)26(19(18)22(29)33-2)15-9-8-13(23)10-16(15)27(30)31/h3-10,17H,25H2,1-2H3. The van der Waals surface area contributed by atoms with Crippen molar-refractivity contribution in [2.24, 2.45) is 5.73 Å². The first-order chi connectivity index (χ1) is 15.8. The van der Waals surface area contributed by atoms with Crippen molar-refractivity contribution in [3.8, 4) is 6.07 Å². The Morgan fingerprint density at radius 3 is 2.33 bits per heavy atom. The molecule has 0 aromatic heterocycles. The molecule has 2 aromatic carbocycles. The number of rotatable bonds is 5. The number of nitrogens with two attached hydrogens (primary N) is 1. The Labute approximate surface area is 187 Å². The van der Waals surface area contributed by atoms with Crippen molar-refractivity contribution >= 4 is 23.3 Å². The summed E-state index contributed by atoms with van der Waals surface area (Å²) >= 11 is 0. The molecule has 10 nitrogen and oxygen atoms in total. The number of esters is 2. The number of nitro benzene ring substituents is 1. The van der Waals surface area contributed by atoms with E-state index in [1.165, 1.54) is 0 Å². The molecule has 1 heterocycles. The molecule has 0 aliphatic carbocycles. The zero-order valence-electron chi connectivity index (χ0n) is 17.4. The van der Waals surface area contributed by atoms with Gasteiger partial charge in [0.2, 0.25) is 0 Å². The number of carbonyl (C=O) groups is 2. The normalized spacial score (nSPS) is 15.7. The van der Waals surface area contributed by atoms with E-state index in [1.807, 2.05) is 6.07 Å². The summed E-state index contributed by atoms with van der Waals surface area (Å²) in [5.74, 6) is -4.47. The van der Waals surface area contributed by atoms with Crippen LogP contribution in [0.1, 0.15) is 11.5 Å². The SMILES string of the molecule is COC(=O)C1=C(C(=O)OC)N(c2ccc(F)cc2[N+](=O)[O-])C(N)=C(C#N)C1c1ccccc1. The highest BCUT2D eigenvalue weighted by Gasteiger charge is 2.44. The number of allylic oxidation sites excluding steroid dienone is 1. The summed E-state index contributed by atoms with van der Waals surface area (Å²) in [5, 5.41) is 21.6. The van der Waals surface area contributed by atoms with E-state index in [4.69, 9.17) is 15.2 Å². The van der Waals surface area contributed by atoms with Crippen LogP contribution in [0.15, 0.2) is 71.2 Å². The van der Waals surface area contributed by atoms with Gasteiger partial charge in [-0.1, -0.05) is 30.3 Å². The first-order valence-electron chi connectivity index (χ1n) is 9.36. The summed E-state index contributed by atoms with van der Waals surface area (Å²) in [6.45, 7) is 0. The maximum atomic E-state index is 13.8. The maximum absolute atomic E-state index is 13.8. The summed E-state index contributed by atoms with van der Waals surface area (Å²) in [4.78, 5) is 37.4. The van der Waals surface area contributed by atoms with E-state index in [2.05, 4.69) is 0 Å². The van der Waals surface area contributed by atoms with Crippen LogP contribution in [-0.2, 0) is 19.1 Å². The third-order valence-corrected chi connectivity index (χ3v) is 4.99. The topological polar surface area (TPSA) is 149 Å². The highest BCUT2D eigenvalue weighted by Crippen LogP contribution is 2.45. The van der Waals surface area contributed by atoms with Gasteiger partial charge in [-0.15, -0.1) is 0 Å². The first kappa shape index (κ1) is 23.0. The first-order valence-corrected chi connectivity index (χ1v) is 9.36. The van der Waals surface area contributed by atoms with Gasteiger partial charge in [-0.3, -0.25) is 15.0 Å². The molecule has 1 aliphatic rings. The summed E-state index contributed by atoms with van der Waals surface area (Å²) in [5.41, 5.74) is 4.61. The van der Waals surface area contributed by atoms with Gasteiger partial charge in [0.25, 0.3) is 5.69 Å². The number of halogens is 1. The minimum atomic E-state index is -1.13. The minimum absolute atomic E-state index is 0.173. The molecule has 0 spiro atoms. The number of methoxy groups -OCH3 is 2. The van der Waals surface area contributed by atoms with Gasteiger partial charge in [0.1, 0.15) is 23.0 Å². The number of hydrogen-bond donors (Lipinski definition) is 1. The Balaban J connectivity index is 2.48. The lowest BCUT2D eigenvalue weighted by Crippen LogP contribution is -2.41. The monoisotopic (exact) mass is 452 g/mol. The molecule has 1 aliphatic heterocycles. The van der Waals surface area contributed by atoms with Crippen LogP contribution in [0, 0.1) is 27.3 Å². The van der Waals surface area contributed by atoms with Crippen LogP contribution in [0.3, 0.4) is 0 Å². The Morgan fingerprint density at radius 1 is 1.15 bits per heavy atom. The zero-order chi connectivity index (χ0) is 24.3. The molecule has 1 atom stereocenters. The third kappa shape index (κ3) is 3.97. The lowest BCUT2D eigenvalue weighted by atomic mass is 9.81. The van der Waals surface area contributed by atoms with Gasteiger partial charge >= 0.3 is 11.9 Å². The number of hydrogen-bond acceptors (Lipinski definition) is 9. The van der Waals surface area contributed by atoms with Gasteiger partial charge in [-0.2, -0.15) is 5.26 Å². The van der Waals surface area contributed by atoms with Crippen LogP contribution < -0.4 is 10.6 Å². The predicted molar refractivity (Wildman–Crippen MR) is 113 cm³/mol. The highest BCUT2D eigenvalue weighted by atomic mass is 19.1. The van der Waals surface area contributed by atoms with Crippen molar-refractivity contribution < 1.29 is 28.4 Å². The molecule has 11 heteroatoms. The van der Waals surface area contributed by atoms with E-state index in [9.17, 15) is 29.4 Å². The number of carbonyl (C=O) groups excluding carboxylic acids is 2. The molecule has 0 saturated carbocycles. The van der Waals surface area contributed by atoms with Crippen molar-refractivity contribution in [3.63, 3.8) is 0 Å². The van der Waals surface area contributed by atoms with Crippen molar-refractivity contribution in [2.45, 2.75) is 5.92 Å². The van der Waals surface area contributed by atoms with Crippen molar-refractivity contribution in [1.82, 2.24) is 0 Å². The smallest absolute Gasteiger partial charge is 0.355 e. The van der Waals surface area contributed by atoms with Gasteiger partial charge in [0.15, 0.2) is 0 Å². The molecule has 2 aromatic rings. The van der Waals surface area contributed by atoms with E-state index >= 15 is 0 Å². The van der Waals surface area contributed by atoms with Crippen LogP contribution in [0.5, 0.6) is 0 Å². The van der Waals surface area contributed by atoms with Gasteiger partial charge < -0.3 is 15.2 Å². The Kier molecular flexibility index (Phi) is 6.39. The number of benzene rings is 2. The van der Waals surface area contributed by atoms with Crippen LogP contribution in [-0.4, -0.2) is 31.1 Å². The summed E-state index contributed by atoms with van der Waals surface area (Å²) < 4.78 is 23.5. The van der Waals surface area contributed by atoms with Gasteiger partial charge in [-0.25, -0.2) is 14.0 Å². The minimum Gasteiger partial charge on any atom is -0.466 e. The van der Waals surface area contributed by atoms with Gasteiger partial charge in [0.05, 0.1) is 48.3 Å². The van der Waals surface area contributed by atoms with E-state index < -0.39 is 40.0 Å². The number of anilines is 1. The second-order valence-electron chi connectivity index (χ2n) is 6.73. The predicted octanol–water partition coefficient (Wildman–Crippen LogP) is 2.63. The van der Waals surface area contributed by atoms with Crippen LogP contribution in [0.4, 0.5) is 15.8 Å². The Bertz CT molecular complexity index is 1250. The van der Waals surface area contributed by atoms with E-state index in [0.29, 0.717) is 11.6 Å². The average molecular weight is 452 g/mol. The molecular formula is C22H17FN4O6. The molecule has 168 valence electrons. The molecule has 0 radical (unpaired) electrons. The van der Waals surface area contributed by atoms with Crippen molar-refractivity contribution in [3.05, 3.63) is 92.7 Å². The van der Waals surface area contributed by atoms with E-state index in [-0.39, 0.29) is 22.7 Å². The number of nitrogens with zero attached hydrogens (tertiary/aromatic N) is 3. The molecule has 0 bridgehead atoms. The second-order valence-corrected chi connectivity index (χ2v) is 6.73. The number of nitriles is 1. The van der Waals surface area contributed by atoms with Gasteiger partial charge in [0, 0.05) is 0 Å². The zero-order valence-corrected chi connectivity index (χ0v) is 17.4. The third-order valence-electron chi connectivity index (χ3n) is 4.99. The number of nitro groups is 1. The van der Waals surface area contributed by atoms with Crippen LogP contribution in [0.25, 0.3) is 0 Å². The maximum Gasteiger partial charge on any atom is 0.355 e. The van der Waals surface area contributed by atoms with Gasteiger partial charge in [-0.05, 0) is 17.7 Å². The van der Waals surface area contributed by atoms with E-state index in [0.717, 1.165) is 31.3 Å². The fourth-order valence-electron chi connectivity index (χ4n) is 3.60. The van der Waals surface area contributed by atoms with Crippen molar-refractivity contribution in [2.75, 3.05) is 19.1 Å². The van der Waals surface area contributed by atoms with Crippen molar-refractivity contribution in [1.29, 1.82) is 5.26 Å². The molecule has 2 N–H and O–H groups in total. The summed E-state index contributed by atoms with van der Waals surface area (Å²) in [6.07, 6.45) is 0. The fourth-order valence-corrected chi connectivity index (χ4v) is 3.60. The summed E-state index contributed by atoms with van der Waals surface area (Å²) in [6, 6.07) is 12.7. The van der Waals surface area contributed by atoms with E-state index in [1.54, 1.807) is 30.3 Å². The highest BCUT2D eigenvalue weighted by molar-refractivity contribution is 6.06. The van der Waals surface area contributed by atoms with Crippen LogP contribution >= 0.6 is 0 Å². The average Bonchev–Trinajstić information content (AvgIpc) is 2.82. The lowest BCUT2D eigenvalue weighted by molar-refractivity contribution is -0.384. The largest absolute Gasteiger partial charge is 0.466 e. The molecule has 3 rings (SSSR count). The second kappa shape index (κ2) is 9.19. The lowest BCUT2D eigenvalue weighted by Gasteiger charge is -2.35. The Morgan fingerprint density at radius 2 is 1.79 bits per heavy atom. The molecular weight excluding hydrogens is 435 g/mol. The molecule has 0 amide bonds. The summed E-state index contributed by atoms with van der Waals surface area (Å²) in [7, 11) is 2.11. The molecule has 1 unspecified atom stereocenters. The fraction of sp³-hybridized carbons (Fsp3) is 0.136. The molecule has 33 heavy (non-hydrogen) atoms. The quantitative estimate of drug-likeness (QED) is 0.410. The molecule has 0 fully saturated rings.